The average molecular weight is 267 g/mol. The fraction of sp³-hybridized carbons (Fsp3) is 0. The molecule has 0 bridgehead atoms. The molecule has 0 saturated heterocycles. The number of benzene rings is 1. The van der Waals surface area contributed by atoms with Crippen molar-refractivity contribution < 1.29 is 9.21 Å². The van der Waals surface area contributed by atoms with E-state index in [2.05, 4.69) is 22.4 Å². The molecule has 0 atom stereocenters. The minimum Gasteiger partial charge on any atom is -0.463 e. The third-order valence-electron chi connectivity index (χ3n) is 2.98. The van der Waals surface area contributed by atoms with E-state index in [1.807, 2.05) is 24.3 Å². The van der Waals surface area contributed by atoms with Crippen LogP contribution in [0.5, 0.6) is 0 Å². The zero-order valence-electron chi connectivity index (χ0n) is 10.6. The molecule has 1 aromatic carbocycles. The summed E-state index contributed by atoms with van der Waals surface area (Å²) in [6.45, 7) is 3.79. The van der Waals surface area contributed by atoms with Gasteiger partial charge in [-0.1, -0.05) is 24.8 Å². The van der Waals surface area contributed by atoms with Gasteiger partial charge in [0, 0.05) is 17.1 Å². The van der Waals surface area contributed by atoms with Crippen LogP contribution in [0.15, 0.2) is 59.9 Å². The van der Waals surface area contributed by atoms with Gasteiger partial charge in [-0.3, -0.25) is 15.6 Å². The molecule has 0 aliphatic rings. The molecular weight excluding hydrogens is 254 g/mol. The second-order valence-corrected chi connectivity index (χ2v) is 4.28. The Bertz CT molecular complexity index is 756. The fourth-order valence-corrected chi connectivity index (χ4v) is 1.97. The second kappa shape index (κ2) is 4.97. The first-order valence-corrected chi connectivity index (χ1v) is 6.11. The third-order valence-corrected chi connectivity index (χ3v) is 2.98. The molecule has 0 aliphatic heterocycles. The van der Waals surface area contributed by atoms with Crippen molar-refractivity contribution in [2.75, 3.05) is 0 Å². The molecule has 3 rings (SSSR count). The molecule has 5 nitrogen and oxygen atoms in total. The first-order valence-electron chi connectivity index (χ1n) is 6.11. The number of fused-ring (bicyclic) bond motifs is 1. The summed E-state index contributed by atoms with van der Waals surface area (Å²) < 4.78 is 5.17. The zero-order chi connectivity index (χ0) is 13.9. The highest BCUT2D eigenvalue weighted by Gasteiger charge is 2.11. The van der Waals surface area contributed by atoms with Crippen LogP contribution in [0.4, 0.5) is 0 Å². The van der Waals surface area contributed by atoms with Gasteiger partial charge in [-0.25, -0.2) is 0 Å². The Morgan fingerprint density at radius 1 is 1.15 bits per heavy atom. The number of furan rings is 1. The van der Waals surface area contributed by atoms with Crippen LogP contribution in [0.3, 0.4) is 0 Å². The standard InChI is InChI=1S/C15H13N3O2/c1-10(14-7-4-8-20-14)17-18-15(19)12-9-16-13-6-3-2-5-11(12)13/h2-9,16-17H,1H2,(H,18,19). The summed E-state index contributed by atoms with van der Waals surface area (Å²) in [5.74, 6) is 0.333. The highest BCUT2D eigenvalue weighted by Crippen LogP contribution is 2.17. The number of aromatic amines is 1. The lowest BCUT2D eigenvalue weighted by Crippen LogP contribution is -2.35. The molecule has 0 spiro atoms. The topological polar surface area (TPSA) is 70.1 Å². The van der Waals surface area contributed by atoms with Gasteiger partial charge < -0.3 is 9.40 Å². The first kappa shape index (κ1) is 12.1. The van der Waals surface area contributed by atoms with Gasteiger partial charge in [-0.2, -0.15) is 0 Å². The Balaban J connectivity index is 1.72. The molecule has 0 fully saturated rings. The minimum absolute atomic E-state index is 0.241. The summed E-state index contributed by atoms with van der Waals surface area (Å²) in [4.78, 5) is 15.2. The molecular formula is C15H13N3O2. The molecule has 1 amide bonds. The summed E-state index contributed by atoms with van der Waals surface area (Å²) in [7, 11) is 0. The molecule has 20 heavy (non-hydrogen) atoms. The van der Waals surface area contributed by atoms with Gasteiger partial charge in [0.05, 0.1) is 17.5 Å². The van der Waals surface area contributed by atoms with Crippen molar-refractivity contribution in [3.05, 3.63) is 66.8 Å². The molecule has 3 aromatic rings. The molecule has 0 aliphatic carbocycles. The molecule has 2 heterocycles. The third kappa shape index (κ3) is 2.16. The van der Waals surface area contributed by atoms with Gasteiger partial charge >= 0.3 is 0 Å². The molecule has 5 heteroatoms. The van der Waals surface area contributed by atoms with E-state index in [9.17, 15) is 4.79 Å². The van der Waals surface area contributed by atoms with E-state index in [0.717, 1.165) is 10.9 Å². The quantitative estimate of drug-likeness (QED) is 0.636. The SMILES string of the molecule is C=C(NNC(=O)c1c[nH]c2ccccc12)c1ccco1. The Kier molecular flexibility index (Phi) is 3.01. The van der Waals surface area contributed by atoms with Crippen molar-refractivity contribution in [3.8, 4) is 0 Å². The summed E-state index contributed by atoms with van der Waals surface area (Å²) in [5, 5.41) is 0.871. The number of hydrogen-bond acceptors (Lipinski definition) is 3. The Labute approximate surface area is 115 Å². The zero-order valence-corrected chi connectivity index (χ0v) is 10.6. The Hall–Kier alpha value is -2.95. The number of para-hydroxylation sites is 1. The smallest absolute Gasteiger partial charge is 0.271 e. The molecule has 0 saturated carbocycles. The predicted molar refractivity (Wildman–Crippen MR) is 76.6 cm³/mol. The van der Waals surface area contributed by atoms with Crippen molar-refractivity contribution >= 4 is 22.5 Å². The Morgan fingerprint density at radius 2 is 2.00 bits per heavy atom. The maximum atomic E-state index is 12.1. The normalized spacial score (nSPS) is 10.4. The van der Waals surface area contributed by atoms with Crippen molar-refractivity contribution in [3.63, 3.8) is 0 Å². The minimum atomic E-state index is -0.241. The monoisotopic (exact) mass is 267 g/mol. The van der Waals surface area contributed by atoms with Crippen LogP contribution in [-0.2, 0) is 0 Å². The van der Waals surface area contributed by atoms with Crippen molar-refractivity contribution in [1.29, 1.82) is 0 Å². The number of aromatic nitrogens is 1. The van der Waals surface area contributed by atoms with Crippen LogP contribution in [0.1, 0.15) is 16.1 Å². The Morgan fingerprint density at radius 3 is 2.80 bits per heavy atom. The molecule has 0 radical (unpaired) electrons. The van der Waals surface area contributed by atoms with E-state index in [1.165, 1.54) is 0 Å². The first-order chi connectivity index (χ1) is 9.75. The van der Waals surface area contributed by atoms with Crippen LogP contribution in [0, 0.1) is 0 Å². The number of rotatable bonds is 4. The molecule has 0 unspecified atom stereocenters. The predicted octanol–water partition coefficient (Wildman–Crippen LogP) is 2.67. The molecule has 3 N–H and O–H groups in total. The number of nitrogens with one attached hydrogen (secondary N) is 3. The highest BCUT2D eigenvalue weighted by molar-refractivity contribution is 6.06. The van der Waals surface area contributed by atoms with Gasteiger partial charge in [0.15, 0.2) is 5.76 Å². The average Bonchev–Trinajstić information content (AvgIpc) is 3.13. The van der Waals surface area contributed by atoms with Gasteiger partial charge in [-0.05, 0) is 18.2 Å². The number of hydrazine groups is 1. The maximum Gasteiger partial charge on any atom is 0.271 e. The number of amides is 1. The lowest BCUT2D eigenvalue weighted by molar-refractivity contribution is 0.0944. The lowest BCUT2D eigenvalue weighted by Gasteiger charge is -2.08. The second-order valence-electron chi connectivity index (χ2n) is 4.28. The van der Waals surface area contributed by atoms with Crippen LogP contribution in [-0.4, -0.2) is 10.9 Å². The van der Waals surface area contributed by atoms with Crippen LogP contribution < -0.4 is 10.9 Å². The van der Waals surface area contributed by atoms with Gasteiger partial charge in [-0.15, -0.1) is 0 Å². The largest absolute Gasteiger partial charge is 0.463 e. The fourth-order valence-electron chi connectivity index (χ4n) is 1.97. The molecule has 100 valence electrons. The number of H-pyrrole nitrogens is 1. The van der Waals surface area contributed by atoms with Crippen molar-refractivity contribution in [1.82, 2.24) is 15.8 Å². The van der Waals surface area contributed by atoms with Gasteiger partial charge in [0.1, 0.15) is 0 Å². The van der Waals surface area contributed by atoms with Gasteiger partial charge in [0.25, 0.3) is 5.91 Å². The molecule has 2 aromatic heterocycles. The summed E-state index contributed by atoms with van der Waals surface area (Å²) >= 11 is 0. The van der Waals surface area contributed by atoms with Crippen LogP contribution in [0.2, 0.25) is 0 Å². The van der Waals surface area contributed by atoms with E-state index in [0.29, 0.717) is 17.0 Å². The highest BCUT2D eigenvalue weighted by atomic mass is 16.3. The van der Waals surface area contributed by atoms with Crippen molar-refractivity contribution in [2.24, 2.45) is 0 Å². The number of carbonyl (C=O) groups excluding carboxylic acids is 1. The number of carbonyl (C=O) groups is 1. The van der Waals surface area contributed by atoms with E-state index in [1.54, 1.807) is 24.6 Å². The number of hydrogen-bond donors (Lipinski definition) is 3. The summed E-state index contributed by atoms with van der Waals surface area (Å²) in [5.41, 5.74) is 7.31. The van der Waals surface area contributed by atoms with E-state index in [4.69, 9.17) is 4.42 Å². The van der Waals surface area contributed by atoms with E-state index >= 15 is 0 Å². The van der Waals surface area contributed by atoms with Crippen molar-refractivity contribution in [2.45, 2.75) is 0 Å². The van der Waals surface area contributed by atoms with E-state index in [-0.39, 0.29) is 5.91 Å². The van der Waals surface area contributed by atoms with E-state index < -0.39 is 0 Å². The van der Waals surface area contributed by atoms with Crippen LogP contribution >= 0.6 is 0 Å². The maximum absolute atomic E-state index is 12.1. The van der Waals surface area contributed by atoms with Crippen LogP contribution in [0.25, 0.3) is 16.6 Å². The van der Waals surface area contributed by atoms with Gasteiger partial charge in [0.2, 0.25) is 0 Å². The lowest BCUT2D eigenvalue weighted by atomic mass is 10.2. The summed E-state index contributed by atoms with van der Waals surface area (Å²) in [6.07, 6.45) is 3.22. The summed E-state index contributed by atoms with van der Waals surface area (Å²) in [6, 6.07) is 11.1.